The Morgan fingerprint density at radius 2 is 2.19 bits per heavy atom. The van der Waals surface area contributed by atoms with Gasteiger partial charge in [-0.15, -0.1) is 30.6 Å². The first-order chi connectivity index (χ1) is 9.80. The molecule has 0 radical (unpaired) electrons. The number of benzene rings is 1. The van der Waals surface area contributed by atoms with Crippen LogP contribution in [0.3, 0.4) is 0 Å². The van der Waals surface area contributed by atoms with Crippen LogP contribution in [0.4, 0.5) is 0 Å². The van der Waals surface area contributed by atoms with Crippen LogP contribution in [0.1, 0.15) is 18.9 Å². The Bertz CT molecular complexity index is 435. The van der Waals surface area contributed by atoms with E-state index in [4.69, 9.17) is 4.74 Å². The molecular weight excluding hydrogens is 377 g/mol. The summed E-state index contributed by atoms with van der Waals surface area (Å²) in [5.74, 6) is 1.75. The summed E-state index contributed by atoms with van der Waals surface area (Å²) in [6, 6.07) is 8.18. The van der Waals surface area contributed by atoms with Crippen LogP contribution >= 0.6 is 24.0 Å². The van der Waals surface area contributed by atoms with Gasteiger partial charge in [0.15, 0.2) is 5.96 Å². The van der Waals surface area contributed by atoms with Crippen molar-refractivity contribution < 1.29 is 4.74 Å². The Kier molecular flexibility index (Phi) is 11.8. The predicted molar refractivity (Wildman–Crippen MR) is 101 cm³/mol. The molecule has 0 saturated carbocycles. The Hall–Kier alpha value is -1.24. The maximum atomic E-state index is 5.22. The average molecular weight is 403 g/mol. The third kappa shape index (κ3) is 8.60. The third-order valence-corrected chi connectivity index (χ3v) is 2.79. The number of nitrogens with one attached hydrogen (secondary N) is 2. The molecule has 0 fully saturated rings. The van der Waals surface area contributed by atoms with E-state index < -0.39 is 0 Å². The lowest BCUT2D eigenvalue weighted by atomic mass is 10.1. The van der Waals surface area contributed by atoms with Crippen molar-refractivity contribution in [3.05, 3.63) is 42.5 Å². The molecule has 4 nitrogen and oxygen atoms in total. The Morgan fingerprint density at radius 1 is 1.38 bits per heavy atom. The van der Waals surface area contributed by atoms with Crippen LogP contribution in [-0.2, 0) is 6.42 Å². The van der Waals surface area contributed by atoms with Crippen LogP contribution in [0.15, 0.2) is 41.9 Å². The first kappa shape index (κ1) is 19.8. The maximum absolute atomic E-state index is 5.22. The summed E-state index contributed by atoms with van der Waals surface area (Å²) in [7, 11) is 1.69. The average Bonchev–Trinajstić information content (AvgIpc) is 2.49. The van der Waals surface area contributed by atoms with Crippen LogP contribution < -0.4 is 15.4 Å². The van der Waals surface area contributed by atoms with Gasteiger partial charge in [0.1, 0.15) is 5.75 Å². The highest BCUT2D eigenvalue weighted by Crippen LogP contribution is 2.13. The molecule has 0 heterocycles. The summed E-state index contributed by atoms with van der Waals surface area (Å²) in [5.41, 5.74) is 1.28. The summed E-state index contributed by atoms with van der Waals surface area (Å²) in [6.45, 7) is 8.12. The molecule has 0 aromatic heterocycles. The van der Waals surface area contributed by atoms with Gasteiger partial charge >= 0.3 is 0 Å². The molecule has 0 bridgehead atoms. The van der Waals surface area contributed by atoms with Gasteiger partial charge in [-0.2, -0.15) is 0 Å². The quantitative estimate of drug-likeness (QED) is 0.231. The molecule has 118 valence electrons. The zero-order valence-corrected chi connectivity index (χ0v) is 15.2. The highest BCUT2D eigenvalue weighted by molar-refractivity contribution is 14.0. The monoisotopic (exact) mass is 403 g/mol. The Labute approximate surface area is 145 Å². The van der Waals surface area contributed by atoms with E-state index in [1.807, 2.05) is 18.2 Å². The van der Waals surface area contributed by atoms with Gasteiger partial charge < -0.3 is 15.4 Å². The van der Waals surface area contributed by atoms with E-state index >= 15 is 0 Å². The largest absolute Gasteiger partial charge is 0.497 e. The van der Waals surface area contributed by atoms with Crippen molar-refractivity contribution in [2.45, 2.75) is 19.8 Å². The van der Waals surface area contributed by atoms with Crippen LogP contribution in [0.2, 0.25) is 0 Å². The van der Waals surface area contributed by atoms with Crippen molar-refractivity contribution in [3.8, 4) is 5.75 Å². The normalized spacial score (nSPS) is 10.5. The smallest absolute Gasteiger partial charge is 0.191 e. The second-order valence-electron chi connectivity index (χ2n) is 4.39. The molecular formula is C16H26IN3O. The van der Waals surface area contributed by atoms with Gasteiger partial charge in [-0.3, -0.25) is 4.99 Å². The summed E-state index contributed by atoms with van der Waals surface area (Å²) < 4.78 is 5.22. The van der Waals surface area contributed by atoms with Gasteiger partial charge in [0.05, 0.1) is 7.11 Å². The van der Waals surface area contributed by atoms with E-state index in [-0.39, 0.29) is 24.0 Å². The molecule has 0 saturated heterocycles. The standard InChI is InChI=1S/C16H25N3O.HI/c1-4-11-18-16(17-5-2)19-12-7-9-14-8-6-10-15(13-14)20-3;/h4,6,8,10,13H,1,5,7,9,11-12H2,2-3H3,(H2,17,18,19);1H. The van der Waals surface area contributed by atoms with Crippen LogP contribution in [0.25, 0.3) is 0 Å². The van der Waals surface area contributed by atoms with Gasteiger partial charge in [-0.05, 0) is 37.5 Å². The number of hydrogen-bond donors (Lipinski definition) is 2. The predicted octanol–water partition coefficient (Wildman–Crippen LogP) is 2.99. The molecule has 5 heteroatoms. The van der Waals surface area contributed by atoms with Crippen LogP contribution in [-0.4, -0.2) is 32.7 Å². The number of guanidine groups is 1. The minimum absolute atomic E-state index is 0. The van der Waals surface area contributed by atoms with Crippen molar-refractivity contribution in [2.24, 2.45) is 4.99 Å². The fourth-order valence-corrected chi connectivity index (χ4v) is 1.81. The SMILES string of the molecule is C=CCNC(=NCCCc1cccc(OC)c1)NCC.I. The third-order valence-electron chi connectivity index (χ3n) is 2.79. The number of methoxy groups -OCH3 is 1. The number of ether oxygens (including phenoxy) is 1. The fourth-order valence-electron chi connectivity index (χ4n) is 1.81. The molecule has 0 amide bonds. The molecule has 0 aliphatic heterocycles. The van der Waals surface area contributed by atoms with Crippen molar-refractivity contribution >= 4 is 29.9 Å². The second-order valence-corrected chi connectivity index (χ2v) is 4.39. The topological polar surface area (TPSA) is 45.7 Å². The van der Waals surface area contributed by atoms with Gasteiger partial charge in [0.2, 0.25) is 0 Å². The lowest BCUT2D eigenvalue weighted by Gasteiger charge is -2.09. The number of nitrogens with zero attached hydrogens (tertiary/aromatic N) is 1. The lowest BCUT2D eigenvalue weighted by Crippen LogP contribution is -2.37. The number of hydrogen-bond acceptors (Lipinski definition) is 2. The van der Waals surface area contributed by atoms with Gasteiger partial charge in [0.25, 0.3) is 0 Å². The van der Waals surface area contributed by atoms with E-state index in [1.165, 1.54) is 5.56 Å². The molecule has 21 heavy (non-hydrogen) atoms. The first-order valence-corrected chi connectivity index (χ1v) is 7.06. The first-order valence-electron chi connectivity index (χ1n) is 7.06. The molecule has 1 rings (SSSR count). The van der Waals surface area contributed by atoms with E-state index in [2.05, 4.69) is 41.3 Å². The highest BCUT2D eigenvalue weighted by Gasteiger charge is 1.97. The second kappa shape index (κ2) is 12.5. The van der Waals surface area contributed by atoms with Crippen molar-refractivity contribution in [2.75, 3.05) is 26.7 Å². The zero-order chi connectivity index (χ0) is 14.6. The summed E-state index contributed by atoms with van der Waals surface area (Å²) in [4.78, 5) is 4.52. The lowest BCUT2D eigenvalue weighted by molar-refractivity contribution is 0.414. The maximum Gasteiger partial charge on any atom is 0.191 e. The van der Waals surface area contributed by atoms with E-state index in [0.717, 1.165) is 44.2 Å². The van der Waals surface area contributed by atoms with E-state index in [9.17, 15) is 0 Å². The van der Waals surface area contributed by atoms with Gasteiger partial charge in [-0.25, -0.2) is 0 Å². The molecule has 0 aliphatic carbocycles. The minimum Gasteiger partial charge on any atom is -0.497 e. The summed E-state index contributed by atoms with van der Waals surface area (Å²) in [5, 5.41) is 6.39. The Morgan fingerprint density at radius 3 is 2.86 bits per heavy atom. The van der Waals surface area contributed by atoms with Gasteiger partial charge in [-0.1, -0.05) is 18.2 Å². The summed E-state index contributed by atoms with van der Waals surface area (Å²) >= 11 is 0. The number of aliphatic imine (C=N–C) groups is 1. The number of halogens is 1. The molecule has 2 N–H and O–H groups in total. The molecule has 0 unspecified atom stereocenters. The van der Waals surface area contributed by atoms with Crippen LogP contribution in [0.5, 0.6) is 5.75 Å². The highest BCUT2D eigenvalue weighted by atomic mass is 127. The Balaban J connectivity index is 0.00000400. The van der Waals surface area contributed by atoms with Crippen LogP contribution in [0, 0.1) is 0 Å². The van der Waals surface area contributed by atoms with Crippen molar-refractivity contribution in [3.63, 3.8) is 0 Å². The number of rotatable bonds is 8. The van der Waals surface area contributed by atoms with E-state index in [0.29, 0.717) is 0 Å². The molecule has 0 aliphatic rings. The van der Waals surface area contributed by atoms with Crippen molar-refractivity contribution in [1.82, 2.24) is 10.6 Å². The zero-order valence-electron chi connectivity index (χ0n) is 12.9. The van der Waals surface area contributed by atoms with Gasteiger partial charge in [0, 0.05) is 19.6 Å². The molecule has 1 aromatic carbocycles. The number of aryl methyl sites for hydroxylation is 1. The fraction of sp³-hybridized carbons (Fsp3) is 0.438. The van der Waals surface area contributed by atoms with Crippen molar-refractivity contribution in [1.29, 1.82) is 0 Å². The summed E-state index contributed by atoms with van der Waals surface area (Å²) in [6.07, 6.45) is 3.84. The van der Waals surface area contributed by atoms with E-state index in [1.54, 1.807) is 7.11 Å². The minimum atomic E-state index is 0. The molecule has 0 atom stereocenters. The molecule has 0 spiro atoms. The molecule has 1 aromatic rings.